The number of rotatable bonds is 6. The van der Waals surface area contributed by atoms with E-state index in [0.717, 1.165) is 22.0 Å². The van der Waals surface area contributed by atoms with Crippen LogP contribution in [0.1, 0.15) is 11.1 Å². The van der Waals surface area contributed by atoms with E-state index in [1.54, 1.807) is 17.7 Å². The van der Waals surface area contributed by atoms with Crippen LogP contribution in [0, 0.1) is 0 Å². The van der Waals surface area contributed by atoms with Gasteiger partial charge in [0.05, 0.1) is 24.7 Å². The van der Waals surface area contributed by atoms with Crippen LogP contribution >= 0.6 is 11.6 Å². The van der Waals surface area contributed by atoms with E-state index in [1.165, 1.54) is 4.57 Å². The second-order valence-corrected chi connectivity index (χ2v) is 8.77. The molecule has 0 N–H and O–H groups in total. The average Bonchev–Trinajstić information content (AvgIpc) is 3.14. The third-order valence-electron chi connectivity index (χ3n) is 6.26. The highest BCUT2D eigenvalue weighted by Gasteiger charge is 2.21. The maximum atomic E-state index is 13.8. The first kappa shape index (κ1) is 22.0. The van der Waals surface area contributed by atoms with Crippen LogP contribution in [0.2, 0.25) is 5.02 Å². The number of fused-ring (bicyclic) bond motifs is 3. The fourth-order valence-corrected chi connectivity index (χ4v) is 4.77. The zero-order valence-corrected chi connectivity index (χ0v) is 19.7. The smallest absolute Gasteiger partial charge is 0.331 e. The number of hydrogen-bond donors (Lipinski definition) is 0. The van der Waals surface area contributed by atoms with E-state index in [1.807, 2.05) is 78.3 Å². The molecule has 7 heteroatoms. The minimum absolute atomic E-state index is 0.290. The maximum absolute atomic E-state index is 13.8. The van der Waals surface area contributed by atoms with Crippen LogP contribution in [0.4, 0.5) is 0 Å². The van der Waals surface area contributed by atoms with Gasteiger partial charge in [-0.05, 0) is 47.9 Å². The third-order valence-corrected chi connectivity index (χ3v) is 6.49. The van der Waals surface area contributed by atoms with E-state index < -0.39 is 0 Å². The molecule has 0 aliphatic rings. The molecule has 6 nitrogen and oxygen atoms in total. The van der Waals surface area contributed by atoms with E-state index in [9.17, 15) is 9.59 Å². The molecule has 0 bridgehead atoms. The van der Waals surface area contributed by atoms with E-state index in [-0.39, 0.29) is 24.3 Å². The summed E-state index contributed by atoms with van der Waals surface area (Å²) >= 11 is 6.22. The van der Waals surface area contributed by atoms with Crippen molar-refractivity contribution in [1.82, 2.24) is 13.7 Å². The quantitative estimate of drug-likeness (QED) is 0.362. The Balaban J connectivity index is 1.78. The van der Waals surface area contributed by atoms with E-state index in [0.29, 0.717) is 28.2 Å². The van der Waals surface area contributed by atoms with E-state index >= 15 is 0 Å². The summed E-state index contributed by atoms with van der Waals surface area (Å²) in [6, 6.07) is 22.9. The second-order valence-electron chi connectivity index (χ2n) is 8.33. The van der Waals surface area contributed by atoms with Gasteiger partial charge in [-0.2, -0.15) is 0 Å². The van der Waals surface area contributed by atoms with Crippen LogP contribution in [-0.2, 0) is 26.6 Å². The van der Waals surface area contributed by atoms with Crippen LogP contribution in [0.15, 0.2) is 82.4 Å². The summed E-state index contributed by atoms with van der Waals surface area (Å²) in [7, 11) is 3.45. The normalized spacial score (nSPS) is 11.4. The van der Waals surface area contributed by atoms with Gasteiger partial charge in [-0.25, -0.2) is 4.79 Å². The predicted molar refractivity (Wildman–Crippen MR) is 136 cm³/mol. The number of ether oxygens (including phenoxy) is 1. The lowest BCUT2D eigenvalue weighted by Crippen LogP contribution is -2.41. The molecular formula is C27H24ClN3O3. The molecule has 34 heavy (non-hydrogen) atoms. The molecule has 0 amide bonds. The van der Waals surface area contributed by atoms with Gasteiger partial charge in [0.15, 0.2) is 0 Å². The highest BCUT2D eigenvalue weighted by Crippen LogP contribution is 2.29. The summed E-state index contributed by atoms with van der Waals surface area (Å²) in [5.41, 5.74) is 3.24. The van der Waals surface area contributed by atoms with Gasteiger partial charge in [-0.15, -0.1) is 0 Å². The van der Waals surface area contributed by atoms with Crippen LogP contribution < -0.4 is 16.0 Å². The van der Waals surface area contributed by atoms with Crippen LogP contribution in [0.25, 0.3) is 21.9 Å². The Kier molecular flexibility index (Phi) is 5.75. The first-order chi connectivity index (χ1) is 16.5. The number of aromatic nitrogens is 3. The van der Waals surface area contributed by atoms with Gasteiger partial charge in [0.1, 0.15) is 11.3 Å². The lowest BCUT2D eigenvalue weighted by molar-refractivity contribution is 0.415. The number of methoxy groups -OCH3 is 1. The molecule has 0 aliphatic carbocycles. The molecule has 0 fully saturated rings. The van der Waals surface area contributed by atoms with Gasteiger partial charge < -0.3 is 9.30 Å². The number of nitrogens with zero attached hydrogens (tertiary/aromatic N) is 3. The average molecular weight is 474 g/mol. The largest absolute Gasteiger partial charge is 0.497 e. The topological polar surface area (TPSA) is 58.2 Å². The first-order valence-corrected chi connectivity index (χ1v) is 11.4. The van der Waals surface area contributed by atoms with Gasteiger partial charge in [0, 0.05) is 24.0 Å². The minimum atomic E-state index is -0.344. The van der Waals surface area contributed by atoms with Crippen molar-refractivity contribution in [3.8, 4) is 5.75 Å². The Hall–Kier alpha value is -3.77. The molecule has 0 spiro atoms. The summed E-state index contributed by atoms with van der Waals surface area (Å²) in [5.74, 6) is 0.662. The molecule has 3 aromatic carbocycles. The van der Waals surface area contributed by atoms with Gasteiger partial charge >= 0.3 is 5.69 Å². The summed E-state index contributed by atoms with van der Waals surface area (Å²) in [5, 5.41) is 1.39. The maximum Gasteiger partial charge on any atom is 0.331 e. The molecule has 5 rings (SSSR count). The minimum Gasteiger partial charge on any atom is -0.497 e. The van der Waals surface area contributed by atoms with Crippen molar-refractivity contribution in [1.29, 1.82) is 0 Å². The Morgan fingerprint density at radius 3 is 2.35 bits per heavy atom. The molecule has 0 radical (unpaired) electrons. The highest BCUT2D eigenvalue weighted by atomic mass is 35.5. The molecule has 0 atom stereocenters. The predicted octanol–water partition coefficient (Wildman–Crippen LogP) is 4.61. The Morgan fingerprint density at radius 2 is 1.62 bits per heavy atom. The van der Waals surface area contributed by atoms with Crippen molar-refractivity contribution < 1.29 is 4.74 Å². The summed E-state index contributed by atoms with van der Waals surface area (Å²) in [4.78, 5) is 27.4. The fourth-order valence-electron chi connectivity index (χ4n) is 4.55. The van der Waals surface area contributed by atoms with Crippen molar-refractivity contribution >= 4 is 33.5 Å². The lowest BCUT2D eigenvalue weighted by atomic mass is 10.1. The molecule has 172 valence electrons. The van der Waals surface area contributed by atoms with Crippen molar-refractivity contribution in [2.24, 2.45) is 7.05 Å². The molecule has 2 heterocycles. The molecule has 0 unspecified atom stereocenters. The van der Waals surface area contributed by atoms with E-state index in [2.05, 4.69) is 0 Å². The molecular weight excluding hydrogens is 450 g/mol. The van der Waals surface area contributed by atoms with Gasteiger partial charge in [0.25, 0.3) is 5.56 Å². The van der Waals surface area contributed by atoms with Crippen molar-refractivity contribution in [3.63, 3.8) is 0 Å². The SMILES string of the molecule is COc1ccc2c(c1)c1c(c(=O)n(CCc3ccccc3)c(=O)n1Cc1cccc(Cl)c1)n2C. The zero-order valence-electron chi connectivity index (χ0n) is 19.0. The number of aryl methyl sites for hydroxylation is 2. The summed E-state index contributed by atoms with van der Waals surface area (Å²) in [6.07, 6.45) is 0.580. The Bertz CT molecular complexity index is 1630. The molecule has 5 aromatic rings. The number of halogens is 1. The molecule has 0 saturated heterocycles. The number of benzene rings is 3. The standard InChI is InChI=1S/C27H24ClN3O3/c1-29-23-12-11-21(34-2)16-22(23)24-25(29)26(32)30(14-13-18-7-4-3-5-8-18)27(33)31(24)17-19-9-6-10-20(28)15-19/h3-12,15-16H,13-14,17H2,1-2H3. The lowest BCUT2D eigenvalue weighted by Gasteiger charge is -2.14. The monoisotopic (exact) mass is 473 g/mol. The molecule has 0 saturated carbocycles. The second kappa shape index (κ2) is 8.88. The first-order valence-electron chi connectivity index (χ1n) is 11.1. The van der Waals surface area contributed by atoms with Crippen molar-refractivity contribution in [2.45, 2.75) is 19.5 Å². The zero-order chi connectivity index (χ0) is 23.8. The van der Waals surface area contributed by atoms with E-state index in [4.69, 9.17) is 16.3 Å². The Morgan fingerprint density at radius 1 is 0.853 bits per heavy atom. The summed E-state index contributed by atoms with van der Waals surface area (Å²) in [6.45, 7) is 0.579. The Labute approximate surface area is 201 Å². The van der Waals surface area contributed by atoms with Crippen LogP contribution in [0.3, 0.4) is 0 Å². The number of hydrogen-bond acceptors (Lipinski definition) is 3. The van der Waals surface area contributed by atoms with Crippen molar-refractivity contribution in [3.05, 3.63) is 110 Å². The van der Waals surface area contributed by atoms with Crippen molar-refractivity contribution in [2.75, 3.05) is 7.11 Å². The van der Waals surface area contributed by atoms with Gasteiger partial charge in [-0.1, -0.05) is 54.1 Å². The highest BCUT2D eigenvalue weighted by molar-refractivity contribution is 6.30. The van der Waals surface area contributed by atoms with Crippen LogP contribution in [-0.4, -0.2) is 20.8 Å². The fraction of sp³-hybridized carbons (Fsp3) is 0.185. The molecule has 0 aliphatic heterocycles. The van der Waals surface area contributed by atoms with Crippen LogP contribution in [0.5, 0.6) is 5.75 Å². The van der Waals surface area contributed by atoms with Gasteiger partial charge in [-0.3, -0.25) is 13.9 Å². The van der Waals surface area contributed by atoms with Gasteiger partial charge in [0.2, 0.25) is 0 Å². The molecule has 2 aromatic heterocycles. The third kappa shape index (κ3) is 3.80. The summed E-state index contributed by atoms with van der Waals surface area (Å²) < 4.78 is 10.3.